The van der Waals surface area contributed by atoms with Crippen LogP contribution in [-0.4, -0.2) is 18.9 Å². The maximum Gasteiger partial charge on any atom is 0.141 e. The van der Waals surface area contributed by atoms with E-state index in [0.29, 0.717) is 17.6 Å². The topological polar surface area (TPSA) is 29.1 Å². The zero-order valence-corrected chi connectivity index (χ0v) is 6.10. The van der Waals surface area contributed by atoms with Gasteiger partial charge < -0.3 is 5.32 Å². The van der Waals surface area contributed by atoms with Gasteiger partial charge in [0.15, 0.2) is 0 Å². The molecule has 2 nitrogen and oxygen atoms in total. The van der Waals surface area contributed by atoms with Crippen LogP contribution >= 0.6 is 0 Å². The van der Waals surface area contributed by atoms with Crippen molar-refractivity contribution in [3.63, 3.8) is 0 Å². The Morgan fingerprint density at radius 1 is 1.20 bits per heavy atom. The maximum atomic E-state index is 11.4. The third kappa shape index (κ3) is 0.870. The Morgan fingerprint density at radius 3 is 2.30 bits per heavy atom. The molecule has 1 saturated carbocycles. The molecule has 1 saturated heterocycles. The number of Topliss-reactive ketones (excluding diaryl/α,β-unsaturated/α-hetero) is 1. The van der Waals surface area contributed by atoms with E-state index in [4.69, 9.17) is 0 Å². The van der Waals surface area contributed by atoms with Crippen LogP contribution < -0.4 is 5.32 Å². The second-order valence-corrected chi connectivity index (χ2v) is 3.39. The molecular formula is C8H13NO. The molecule has 0 aromatic carbocycles. The van der Waals surface area contributed by atoms with Crippen LogP contribution in [0.25, 0.3) is 0 Å². The van der Waals surface area contributed by atoms with Crippen molar-refractivity contribution >= 4 is 5.78 Å². The third-order valence-electron chi connectivity index (χ3n) is 2.69. The van der Waals surface area contributed by atoms with Crippen LogP contribution in [0.3, 0.4) is 0 Å². The highest BCUT2D eigenvalue weighted by Gasteiger charge is 2.33. The van der Waals surface area contributed by atoms with Gasteiger partial charge in [-0.05, 0) is 12.8 Å². The van der Waals surface area contributed by atoms with Gasteiger partial charge in [-0.25, -0.2) is 0 Å². The highest BCUT2D eigenvalue weighted by atomic mass is 16.1. The smallest absolute Gasteiger partial charge is 0.141 e. The van der Waals surface area contributed by atoms with Crippen LogP contribution in [0.1, 0.15) is 19.3 Å². The molecule has 1 aliphatic heterocycles. The Morgan fingerprint density at radius 2 is 1.80 bits per heavy atom. The molecule has 1 aliphatic carbocycles. The highest BCUT2D eigenvalue weighted by Crippen LogP contribution is 2.27. The SMILES string of the molecule is O=C1C2CCCC1CNC2. The molecule has 2 aliphatic rings. The predicted molar refractivity (Wildman–Crippen MR) is 38.7 cm³/mol. The molecule has 0 spiro atoms. The average Bonchev–Trinajstić information content (AvgIpc) is 1.86. The van der Waals surface area contributed by atoms with Crippen molar-refractivity contribution in [2.24, 2.45) is 11.8 Å². The number of nitrogens with one attached hydrogen (secondary N) is 1. The Balaban J connectivity index is 2.12. The van der Waals surface area contributed by atoms with E-state index < -0.39 is 0 Å². The molecule has 2 unspecified atom stereocenters. The average molecular weight is 139 g/mol. The van der Waals surface area contributed by atoms with E-state index in [1.54, 1.807) is 0 Å². The largest absolute Gasteiger partial charge is 0.315 e. The van der Waals surface area contributed by atoms with Gasteiger partial charge in [0, 0.05) is 24.9 Å². The van der Waals surface area contributed by atoms with E-state index in [9.17, 15) is 4.79 Å². The summed E-state index contributed by atoms with van der Waals surface area (Å²) in [5.74, 6) is 1.27. The van der Waals surface area contributed by atoms with Crippen molar-refractivity contribution in [1.29, 1.82) is 0 Å². The molecule has 0 radical (unpaired) electrons. The Bertz CT molecular complexity index is 131. The van der Waals surface area contributed by atoms with Crippen LogP contribution in [0.5, 0.6) is 0 Å². The maximum absolute atomic E-state index is 11.4. The molecule has 2 bridgehead atoms. The number of ketones is 1. The molecule has 2 fully saturated rings. The lowest BCUT2D eigenvalue weighted by molar-refractivity contribution is -0.130. The molecule has 0 aromatic rings. The van der Waals surface area contributed by atoms with Crippen molar-refractivity contribution in [1.82, 2.24) is 5.32 Å². The van der Waals surface area contributed by atoms with Crippen LogP contribution in [0.2, 0.25) is 0 Å². The van der Waals surface area contributed by atoms with E-state index >= 15 is 0 Å². The molecule has 2 rings (SSSR count). The number of hydrogen-bond acceptors (Lipinski definition) is 2. The zero-order chi connectivity index (χ0) is 6.97. The third-order valence-corrected chi connectivity index (χ3v) is 2.69. The summed E-state index contributed by atoms with van der Waals surface area (Å²) in [6.45, 7) is 1.88. The van der Waals surface area contributed by atoms with E-state index in [1.165, 1.54) is 6.42 Å². The molecule has 0 aromatic heterocycles. The normalized spacial score (nSPS) is 39.8. The molecule has 1 N–H and O–H groups in total. The quantitative estimate of drug-likeness (QED) is 0.531. The van der Waals surface area contributed by atoms with E-state index in [0.717, 1.165) is 25.9 Å². The van der Waals surface area contributed by atoms with Gasteiger partial charge in [0.1, 0.15) is 5.78 Å². The van der Waals surface area contributed by atoms with Crippen molar-refractivity contribution in [3.8, 4) is 0 Å². The fourth-order valence-corrected chi connectivity index (χ4v) is 2.07. The summed E-state index contributed by atoms with van der Waals surface area (Å²) in [5, 5.41) is 3.30. The summed E-state index contributed by atoms with van der Waals surface area (Å²) in [7, 11) is 0. The number of carbonyl (C=O) groups is 1. The summed E-state index contributed by atoms with van der Waals surface area (Å²) in [6.07, 6.45) is 3.52. The standard InChI is InChI=1S/C8H13NO/c10-8-6-2-1-3-7(8)5-9-4-6/h6-7,9H,1-5H2. The Kier molecular flexibility index (Phi) is 1.49. The number of piperidine rings is 1. The van der Waals surface area contributed by atoms with Gasteiger partial charge in [-0.2, -0.15) is 0 Å². The van der Waals surface area contributed by atoms with Gasteiger partial charge in [-0.15, -0.1) is 0 Å². The van der Waals surface area contributed by atoms with Crippen LogP contribution in [-0.2, 0) is 4.79 Å². The van der Waals surface area contributed by atoms with E-state index in [2.05, 4.69) is 5.32 Å². The fourth-order valence-electron chi connectivity index (χ4n) is 2.07. The van der Waals surface area contributed by atoms with Crippen molar-refractivity contribution in [2.45, 2.75) is 19.3 Å². The minimum Gasteiger partial charge on any atom is -0.315 e. The molecule has 2 heteroatoms. The number of hydrogen-bond donors (Lipinski definition) is 1. The molecule has 0 amide bonds. The van der Waals surface area contributed by atoms with Gasteiger partial charge in [-0.1, -0.05) is 6.42 Å². The zero-order valence-electron chi connectivity index (χ0n) is 6.10. The van der Waals surface area contributed by atoms with Crippen molar-refractivity contribution in [3.05, 3.63) is 0 Å². The van der Waals surface area contributed by atoms with Gasteiger partial charge in [0.2, 0.25) is 0 Å². The van der Waals surface area contributed by atoms with Gasteiger partial charge >= 0.3 is 0 Å². The molecule has 2 atom stereocenters. The van der Waals surface area contributed by atoms with Gasteiger partial charge in [-0.3, -0.25) is 4.79 Å². The fraction of sp³-hybridized carbons (Fsp3) is 0.875. The summed E-state index contributed by atoms with van der Waals surface area (Å²) in [6, 6.07) is 0. The Labute approximate surface area is 61.0 Å². The first kappa shape index (κ1) is 6.35. The van der Waals surface area contributed by atoms with Gasteiger partial charge in [0.05, 0.1) is 0 Å². The minimum atomic E-state index is 0.368. The predicted octanol–water partition coefficient (Wildman–Crippen LogP) is 0.575. The second kappa shape index (κ2) is 2.35. The number of rotatable bonds is 0. The minimum absolute atomic E-state index is 0.368. The van der Waals surface area contributed by atoms with Crippen LogP contribution in [0, 0.1) is 11.8 Å². The van der Waals surface area contributed by atoms with Crippen LogP contribution in [0.15, 0.2) is 0 Å². The molecule has 1 heterocycles. The van der Waals surface area contributed by atoms with Crippen LogP contribution in [0.4, 0.5) is 0 Å². The Hall–Kier alpha value is -0.370. The van der Waals surface area contributed by atoms with E-state index in [1.807, 2.05) is 0 Å². The lowest BCUT2D eigenvalue weighted by atomic mass is 9.77. The first-order valence-electron chi connectivity index (χ1n) is 4.12. The van der Waals surface area contributed by atoms with Crippen molar-refractivity contribution < 1.29 is 4.79 Å². The lowest BCUT2D eigenvalue weighted by Crippen LogP contribution is -2.46. The first-order valence-corrected chi connectivity index (χ1v) is 4.12. The first-order chi connectivity index (χ1) is 4.88. The molecular weight excluding hydrogens is 126 g/mol. The summed E-state index contributed by atoms with van der Waals surface area (Å²) >= 11 is 0. The summed E-state index contributed by atoms with van der Waals surface area (Å²) in [5.41, 5.74) is 0. The highest BCUT2D eigenvalue weighted by molar-refractivity contribution is 5.85. The monoisotopic (exact) mass is 139 g/mol. The lowest BCUT2D eigenvalue weighted by Gasteiger charge is -2.33. The van der Waals surface area contributed by atoms with E-state index in [-0.39, 0.29) is 0 Å². The second-order valence-electron chi connectivity index (χ2n) is 3.39. The summed E-state index contributed by atoms with van der Waals surface area (Å²) < 4.78 is 0. The molecule has 10 heavy (non-hydrogen) atoms. The van der Waals surface area contributed by atoms with Crippen molar-refractivity contribution in [2.75, 3.05) is 13.1 Å². The number of carbonyl (C=O) groups excluding carboxylic acids is 1. The van der Waals surface area contributed by atoms with Gasteiger partial charge in [0.25, 0.3) is 0 Å². The summed E-state index contributed by atoms with van der Waals surface area (Å²) in [4.78, 5) is 11.4. The molecule has 56 valence electrons. The number of fused-ring (bicyclic) bond motifs is 2.